The van der Waals surface area contributed by atoms with Crippen LogP contribution in [0, 0.1) is 6.92 Å². The SMILES string of the molecule is Cc1cccnc1N(C(=O)c1ccc(-c2cnn(C)c2)cc1)[C@@H]1CCCNC1. The highest BCUT2D eigenvalue weighted by molar-refractivity contribution is 6.06. The van der Waals surface area contributed by atoms with Gasteiger partial charge >= 0.3 is 0 Å². The molecule has 1 N–H and O–H groups in total. The maximum absolute atomic E-state index is 13.5. The van der Waals surface area contributed by atoms with E-state index < -0.39 is 0 Å². The van der Waals surface area contributed by atoms with E-state index in [9.17, 15) is 4.79 Å². The van der Waals surface area contributed by atoms with E-state index >= 15 is 0 Å². The Hall–Kier alpha value is -2.99. The summed E-state index contributed by atoms with van der Waals surface area (Å²) in [6.07, 6.45) is 7.58. The fourth-order valence-electron chi connectivity index (χ4n) is 3.73. The van der Waals surface area contributed by atoms with Gasteiger partial charge in [-0.25, -0.2) is 4.98 Å². The molecule has 0 bridgehead atoms. The highest BCUT2D eigenvalue weighted by Gasteiger charge is 2.29. The average molecular weight is 375 g/mol. The highest BCUT2D eigenvalue weighted by Crippen LogP contribution is 2.26. The number of carbonyl (C=O) groups is 1. The average Bonchev–Trinajstić information content (AvgIpc) is 3.17. The van der Waals surface area contributed by atoms with Gasteiger partial charge in [-0.15, -0.1) is 0 Å². The van der Waals surface area contributed by atoms with Crippen LogP contribution in [-0.4, -0.2) is 39.8 Å². The van der Waals surface area contributed by atoms with Crippen LogP contribution in [0.5, 0.6) is 0 Å². The van der Waals surface area contributed by atoms with Crippen molar-refractivity contribution in [1.82, 2.24) is 20.1 Å². The van der Waals surface area contributed by atoms with Crippen molar-refractivity contribution in [1.29, 1.82) is 0 Å². The van der Waals surface area contributed by atoms with E-state index in [0.29, 0.717) is 5.56 Å². The zero-order valence-electron chi connectivity index (χ0n) is 16.3. The molecule has 0 saturated carbocycles. The van der Waals surface area contributed by atoms with E-state index in [1.165, 1.54) is 0 Å². The molecule has 2 aromatic heterocycles. The Morgan fingerprint density at radius 2 is 2.04 bits per heavy atom. The molecule has 6 heteroatoms. The third kappa shape index (κ3) is 3.68. The van der Waals surface area contributed by atoms with Crippen LogP contribution in [0.4, 0.5) is 5.82 Å². The van der Waals surface area contributed by atoms with Crippen LogP contribution < -0.4 is 10.2 Å². The number of benzene rings is 1. The van der Waals surface area contributed by atoms with Gasteiger partial charge in [0.15, 0.2) is 0 Å². The van der Waals surface area contributed by atoms with Crippen LogP contribution in [0.3, 0.4) is 0 Å². The fourth-order valence-corrected chi connectivity index (χ4v) is 3.73. The maximum atomic E-state index is 13.5. The Morgan fingerprint density at radius 3 is 2.68 bits per heavy atom. The first-order valence-corrected chi connectivity index (χ1v) is 9.68. The summed E-state index contributed by atoms with van der Waals surface area (Å²) in [5.74, 6) is 0.741. The number of hydrogen-bond acceptors (Lipinski definition) is 4. The van der Waals surface area contributed by atoms with Crippen LogP contribution in [0.25, 0.3) is 11.1 Å². The number of hydrogen-bond donors (Lipinski definition) is 1. The number of nitrogens with zero attached hydrogens (tertiary/aromatic N) is 4. The molecule has 0 radical (unpaired) electrons. The largest absolute Gasteiger partial charge is 0.315 e. The van der Waals surface area contributed by atoms with Crippen molar-refractivity contribution in [3.63, 3.8) is 0 Å². The second kappa shape index (κ2) is 7.94. The maximum Gasteiger partial charge on any atom is 0.259 e. The standard InChI is InChI=1S/C22H25N5O/c1-16-5-3-12-24-21(16)27(20-6-4-11-23-14-20)22(28)18-9-7-17(8-10-18)19-13-25-26(2)15-19/h3,5,7-10,12-13,15,20,23H,4,6,11,14H2,1-2H3/t20-/m1/s1. The summed E-state index contributed by atoms with van der Waals surface area (Å²) in [5, 5.41) is 7.63. The number of amides is 1. The molecular weight excluding hydrogens is 350 g/mol. The predicted octanol–water partition coefficient (Wildman–Crippen LogP) is 3.19. The van der Waals surface area contributed by atoms with Crippen LogP contribution in [0.2, 0.25) is 0 Å². The molecule has 1 amide bonds. The Balaban J connectivity index is 1.66. The molecule has 0 aliphatic carbocycles. The zero-order chi connectivity index (χ0) is 19.5. The minimum absolute atomic E-state index is 0.00626. The molecule has 6 nitrogen and oxygen atoms in total. The molecule has 4 rings (SSSR count). The molecule has 1 saturated heterocycles. The molecule has 0 spiro atoms. The van der Waals surface area contributed by atoms with Crippen LogP contribution >= 0.6 is 0 Å². The number of anilines is 1. The van der Waals surface area contributed by atoms with Crippen molar-refractivity contribution < 1.29 is 4.79 Å². The third-order valence-corrected chi connectivity index (χ3v) is 5.23. The van der Waals surface area contributed by atoms with E-state index in [1.807, 2.05) is 67.7 Å². The zero-order valence-corrected chi connectivity index (χ0v) is 16.3. The second-order valence-corrected chi connectivity index (χ2v) is 7.30. The first-order valence-electron chi connectivity index (χ1n) is 9.68. The Kier molecular flexibility index (Phi) is 5.21. The monoisotopic (exact) mass is 375 g/mol. The second-order valence-electron chi connectivity index (χ2n) is 7.30. The first kappa shape index (κ1) is 18.4. The number of aromatic nitrogens is 3. The van der Waals surface area contributed by atoms with E-state index in [4.69, 9.17) is 0 Å². The Bertz CT molecular complexity index is 957. The van der Waals surface area contributed by atoms with Gasteiger partial charge in [0, 0.05) is 37.1 Å². The molecule has 0 unspecified atom stereocenters. The molecule has 1 aromatic carbocycles. The minimum Gasteiger partial charge on any atom is -0.315 e. The van der Waals surface area contributed by atoms with E-state index in [1.54, 1.807) is 10.9 Å². The Labute approximate surface area is 165 Å². The molecule has 28 heavy (non-hydrogen) atoms. The summed E-state index contributed by atoms with van der Waals surface area (Å²) >= 11 is 0. The van der Waals surface area contributed by atoms with Gasteiger partial charge in [0.2, 0.25) is 0 Å². The van der Waals surface area contributed by atoms with Crippen molar-refractivity contribution in [2.75, 3.05) is 18.0 Å². The summed E-state index contributed by atoms with van der Waals surface area (Å²) in [6.45, 7) is 3.79. The summed E-state index contributed by atoms with van der Waals surface area (Å²) in [7, 11) is 1.90. The molecule has 1 aliphatic heterocycles. The van der Waals surface area contributed by atoms with Gasteiger partial charge in [0.1, 0.15) is 5.82 Å². The molecule has 1 aliphatic rings. The molecule has 1 atom stereocenters. The molecule has 3 aromatic rings. The summed E-state index contributed by atoms with van der Waals surface area (Å²) < 4.78 is 1.77. The normalized spacial score (nSPS) is 16.7. The van der Waals surface area contributed by atoms with Crippen LogP contribution in [0.1, 0.15) is 28.8 Å². The fraction of sp³-hybridized carbons (Fsp3) is 0.318. The number of carbonyl (C=O) groups excluding carboxylic acids is 1. The lowest BCUT2D eigenvalue weighted by molar-refractivity contribution is 0.0971. The molecular formula is C22H25N5O. The van der Waals surface area contributed by atoms with Crippen molar-refractivity contribution in [2.45, 2.75) is 25.8 Å². The number of aryl methyl sites for hydroxylation is 2. The van der Waals surface area contributed by atoms with Gasteiger partial charge in [-0.2, -0.15) is 5.10 Å². The van der Waals surface area contributed by atoms with Gasteiger partial charge in [-0.05, 0) is 55.6 Å². The Morgan fingerprint density at radius 1 is 1.21 bits per heavy atom. The van der Waals surface area contributed by atoms with Gasteiger partial charge in [-0.1, -0.05) is 18.2 Å². The number of pyridine rings is 1. The number of rotatable bonds is 4. The van der Waals surface area contributed by atoms with Crippen molar-refractivity contribution in [2.24, 2.45) is 7.05 Å². The summed E-state index contributed by atoms with van der Waals surface area (Å²) in [5.41, 5.74) is 3.76. The van der Waals surface area contributed by atoms with Crippen LogP contribution in [0.15, 0.2) is 55.0 Å². The third-order valence-electron chi connectivity index (χ3n) is 5.23. The van der Waals surface area contributed by atoms with E-state index in [0.717, 1.165) is 48.4 Å². The minimum atomic E-state index is -0.00626. The lowest BCUT2D eigenvalue weighted by atomic mass is 10.0. The lowest BCUT2D eigenvalue weighted by Crippen LogP contribution is -2.49. The van der Waals surface area contributed by atoms with Gasteiger partial charge in [0.25, 0.3) is 5.91 Å². The summed E-state index contributed by atoms with van der Waals surface area (Å²) in [6, 6.07) is 11.8. The van der Waals surface area contributed by atoms with Gasteiger partial charge < -0.3 is 5.32 Å². The topological polar surface area (TPSA) is 63.1 Å². The first-order chi connectivity index (χ1) is 13.6. The van der Waals surface area contributed by atoms with E-state index in [2.05, 4.69) is 15.4 Å². The van der Waals surface area contributed by atoms with Crippen LogP contribution in [-0.2, 0) is 7.05 Å². The van der Waals surface area contributed by atoms with Gasteiger partial charge in [0.05, 0.1) is 12.2 Å². The number of nitrogens with one attached hydrogen (secondary N) is 1. The lowest BCUT2D eigenvalue weighted by Gasteiger charge is -2.34. The smallest absolute Gasteiger partial charge is 0.259 e. The summed E-state index contributed by atoms with van der Waals surface area (Å²) in [4.78, 5) is 19.9. The molecule has 144 valence electrons. The molecule has 1 fully saturated rings. The quantitative estimate of drug-likeness (QED) is 0.761. The van der Waals surface area contributed by atoms with E-state index in [-0.39, 0.29) is 11.9 Å². The predicted molar refractivity (Wildman–Crippen MR) is 110 cm³/mol. The van der Waals surface area contributed by atoms with Crippen molar-refractivity contribution >= 4 is 11.7 Å². The van der Waals surface area contributed by atoms with Crippen molar-refractivity contribution in [3.05, 3.63) is 66.1 Å². The number of piperidine rings is 1. The molecule has 3 heterocycles. The van der Waals surface area contributed by atoms with Crippen molar-refractivity contribution in [3.8, 4) is 11.1 Å². The van der Waals surface area contributed by atoms with Gasteiger partial charge in [-0.3, -0.25) is 14.4 Å². The highest BCUT2D eigenvalue weighted by atomic mass is 16.2.